The summed E-state index contributed by atoms with van der Waals surface area (Å²) in [5, 5.41) is 11.6. The fraction of sp³-hybridized carbons (Fsp3) is 0.500. The molecule has 5 heteroatoms. The first kappa shape index (κ1) is 15.0. The maximum atomic E-state index is 11.6. The Kier molecular flexibility index (Phi) is 4.49. The van der Waals surface area contributed by atoms with Crippen molar-refractivity contribution in [3.05, 3.63) is 23.4 Å². The highest BCUT2D eigenvalue weighted by Gasteiger charge is 2.18. The highest BCUT2D eigenvalue weighted by atomic mass is 16.6. The second-order valence-electron chi connectivity index (χ2n) is 5.56. The van der Waals surface area contributed by atoms with Gasteiger partial charge in [0, 0.05) is 6.20 Å². The van der Waals surface area contributed by atoms with Crippen LogP contribution in [-0.2, 0) is 4.74 Å². The number of rotatable bonds is 2. The van der Waals surface area contributed by atoms with Crippen molar-refractivity contribution in [3.63, 3.8) is 0 Å². The molecular formula is C14H19N3O2. The summed E-state index contributed by atoms with van der Waals surface area (Å²) in [5.41, 5.74) is 0.692. The molecule has 0 radical (unpaired) electrons. The van der Waals surface area contributed by atoms with E-state index in [4.69, 9.17) is 10.00 Å². The molecule has 0 bridgehead atoms. The number of pyridine rings is 1. The molecular weight excluding hydrogens is 242 g/mol. The normalized spacial score (nSPS) is 11.0. The molecule has 1 amide bonds. The van der Waals surface area contributed by atoms with Crippen LogP contribution in [0, 0.1) is 11.3 Å². The molecule has 1 rings (SSSR count). The van der Waals surface area contributed by atoms with Crippen LogP contribution in [0.4, 0.5) is 10.6 Å². The first-order chi connectivity index (χ1) is 8.73. The number of nitriles is 1. The number of amides is 1. The van der Waals surface area contributed by atoms with Gasteiger partial charge in [-0.15, -0.1) is 0 Å². The lowest BCUT2D eigenvalue weighted by molar-refractivity contribution is 0.0635. The van der Waals surface area contributed by atoms with E-state index in [9.17, 15) is 4.79 Å². The minimum absolute atomic E-state index is 0.223. The van der Waals surface area contributed by atoms with Gasteiger partial charge in [0.05, 0.1) is 5.56 Å². The van der Waals surface area contributed by atoms with Crippen LogP contribution < -0.4 is 5.32 Å². The highest BCUT2D eigenvalue weighted by molar-refractivity contribution is 5.85. The molecule has 5 nitrogen and oxygen atoms in total. The van der Waals surface area contributed by atoms with Crippen molar-refractivity contribution in [2.24, 2.45) is 0 Å². The van der Waals surface area contributed by atoms with Gasteiger partial charge in [0.1, 0.15) is 11.7 Å². The highest BCUT2D eigenvalue weighted by Crippen LogP contribution is 2.20. The van der Waals surface area contributed by atoms with E-state index in [-0.39, 0.29) is 11.7 Å². The maximum absolute atomic E-state index is 11.6. The number of hydrogen-bond donors (Lipinski definition) is 1. The molecule has 1 aromatic rings. The number of aromatic nitrogens is 1. The van der Waals surface area contributed by atoms with Crippen molar-refractivity contribution in [1.82, 2.24) is 4.98 Å². The number of carbonyl (C=O) groups excluding carboxylic acids is 1. The smallest absolute Gasteiger partial charge is 0.413 e. The summed E-state index contributed by atoms with van der Waals surface area (Å²) >= 11 is 0. The van der Waals surface area contributed by atoms with Crippen molar-refractivity contribution < 1.29 is 9.53 Å². The summed E-state index contributed by atoms with van der Waals surface area (Å²) in [4.78, 5) is 15.7. The number of ether oxygens (including phenoxy) is 1. The Balaban J connectivity index is 2.91. The number of nitrogens with zero attached hydrogens (tertiary/aromatic N) is 2. The third kappa shape index (κ3) is 4.59. The van der Waals surface area contributed by atoms with Crippen molar-refractivity contribution >= 4 is 11.9 Å². The Hall–Kier alpha value is -2.09. The lowest BCUT2D eigenvalue weighted by Gasteiger charge is -2.19. The standard InChI is InChI=1S/C14H19N3O2/c1-9(2)11-6-10(7-15)12(16-8-11)17-13(18)19-14(3,4)5/h6,8-9H,1-5H3,(H,16,17,18). The molecule has 19 heavy (non-hydrogen) atoms. The lowest BCUT2D eigenvalue weighted by atomic mass is 10.0. The van der Waals surface area contributed by atoms with Gasteiger partial charge < -0.3 is 4.74 Å². The van der Waals surface area contributed by atoms with Crippen molar-refractivity contribution in [2.75, 3.05) is 5.32 Å². The van der Waals surface area contributed by atoms with Gasteiger partial charge in [0.15, 0.2) is 5.82 Å². The van der Waals surface area contributed by atoms with Crippen molar-refractivity contribution in [3.8, 4) is 6.07 Å². The quantitative estimate of drug-likeness (QED) is 0.885. The van der Waals surface area contributed by atoms with Crippen LogP contribution in [0.25, 0.3) is 0 Å². The minimum atomic E-state index is -0.617. The lowest BCUT2D eigenvalue weighted by Crippen LogP contribution is -2.27. The molecule has 0 saturated heterocycles. The number of hydrogen-bond acceptors (Lipinski definition) is 4. The monoisotopic (exact) mass is 261 g/mol. The molecule has 1 heterocycles. The summed E-state index contributed by atoms with van der Waals surface area (Å²) in [6.45, 7) is 9.34. The van der Waals surface area contributed by atoms with Crippen LogP contribution in [-0.4, -0.2) is 16.7 Å². The van der Waals surface area contributed by atoms with Gasteiger partial charge in [0.25, 0.3) is 0 Å². The summed E-state index contributed by atoms with van der Waals surface area (Å²) in [6, 6.07) is 3.75. The van der Waals surface area contributed by atoms with Crippen LogP contribution in [0.1, 0.15) is 51.7 Å². The average Bonchev–Trinajstić information content (AvgIpc) is 2.26. The zero-order chi connectivity index (χ0) is 14.6. The second-order valence-corrected chi connectivity index (χ2v) is 5.56. The first-order valence-corrected chi connectivity index (χ1v) is 6.13. The zero-order valence-electron chi connectivity index (χ0n) is 11.9. The molecule has 0 aliphatic carbocycles. The Morgan fingerprint density at radius 1 is 1.47 bits per heavy atom. The predicted molar refractivity (Wildman–Crippen MR) is 72.9 cm³/mol. The van der Waals surface area contributed by atoms with E-state index in [2.05, 4.69) is 10.3 Å². The molecule has 0 aromatic carbocycles. The first-order valence-electron chi connectivity index (χ1n) is 6.13. The van der Waals surface area contributed by atoms with Crippen LogP contribution in [0.3, 0.4) is 0 Å². The second kappa shape index (κ2) is 5.70. The van der Waals surface area contributed by atoms with E-state index < -0.39 is 11.7 Å². The van der Waals surface area contributed by atoms with Gasteiger partial charge in [-0.2, -0.15) is 5.26 Å². The third-order valence-electron chi connectivity index (χ3n) is 2.32. The molecule has 102 valence electrons. The van der Waals surface area contributed by atoms with Gasteiger partial charge in [-0.25, -0.2) is 9.78 Å². The Morgan fingerprint density at radius 2 is 2.11 bits per heavy atom. The van der Waals surface area contributed by atoms with Gasteiger partial charge in [-0.3, -0.25) is 5.32 Å². The summed E-state index contributed by atoms with van der Waals surface area (Å²) in [5.74, 6) is 0.497. The van der Waals surface area contributed by atoms with Crippen molar-refractivity contribution in [2.45, 2.75) is 46.1 Å². The van der Waals surface area contributed by atoms with E-state index in [1.165, 1.54) is 0 Å². The van der Waals surface area contributed by atoms with Gasteiger partial charge >= 0.3 is 6.09 Å². The van der Waals surface area contributed by atoms with E-state index in [1.807, 2.05) is 19.9 Å². The van der Waals surface area contributed by atoms with Crippen LogP contribution in [0.15, 0.2) is 12.3 Å². The average molecular weight is 261 g/mol. The van der Waals surface area contributed by atoms with E-state index in [0.29, 0.717) is 5.56 Å². The topological polar surface area (TPSA) is 75.0 Å². The maximum Gasteiger partial charge on any atom is 0.413 e. The fourth-order valence-corrected chi connectivity index (χ4v) is 1.38. The molecule has 0 spiro atoms. The molecule has 0 atom stereocenters. The summed E-state index contributed by atoms with van der Waals surface area (Å²) in [6.07, 6.45) is 1.03. The number of carbonyl (C=O) groups is 1. The van der Waals surface area contributed by atoms with Gasteiger partial charge in [-0.1, -0.05) is 13.8 Å². The molecule has 0 aliphatic heterocycles. The number of anilines is 1. The SMILES string of the molecule is CC(C)c1cnc(NC(=O)OC(C)(C)C)c(C#N)c1. The summed E-state index contributed by atoms with van der Waals surface area (Å²) in [7, 11) is 0. The van der Waals surface area contributed by atoms with Crippen LogP contribution >= 0.6 is 0 Å². The molecule has 0 fully saturated rings. The Bertz CT molecular complexity index is 510. The van der Waals surface area contributed by atoms with Crippen LogP contribution in [0.2, 0.25) is 0 Å². The largest absolute Gasteiger partial charge is 0.444 e. The third-order valence-corrected chi connectivity index (χ3v) is 2.32. The molecule has 1 aromatic heterocycles. The van der Waals surface area contributed by atoms with E-state index >= 15 is 0 Å². The number of nitrogens with one attached hydrogen (secondary N) is 1. The molecule has 1 N–H and O–H groups in total. The predicted octanol–water partition coefficient (Wildman–Crippen LogP) is 3.42. The van der Waals surface area contributed by atoms with Gasteiger partial charge in [-0.05, 0) is 38.3 Å². The van der Waals surface area contributed by atoms with E-state index in [1.54, 1.807) is 33.0 Å². The minimum Gasteiger partial charge on any atom is -0.444 e. The van der Waals surface area contributed by atoms with Crippen molar-refractivity contribution in [1.29, 1.82) is 5.26 Å². The van der Waals surface area contributed by atoms with Crippen LogP contribution in [0.5, 0.6) is 0 Å². The Morgan fingerprint density at radius 3 is 2.58 bits per heavy atom. The molecule has 0 saturated carbocycles. The van der Waals surface area contributed by atoms with E-state index in [0.717, 1.165) is 5.56 Å². The zero-order valence-corrected chi connectivity index (χ0v) is 11.9. The van der Waals surface area contributed by atoms with Gasteiger partial charge in [0.2, 0.25) is 0 Å². The molecule has 0 aliphatic rings. The summed E-state index contributed by atoms with van der Waals surface area (Å²) < 4.78 is 5.12. The molecule has 0 unspecified atom stereocenters. The Labute approximate surface area is 113 Å². The fourth-order valence-electron chi connectivity index (χ4n) is 1.38.